The Balaban J connectivity index is 0.000000235. The molecule has 2 N–H and O–H groups in total. The minimum Gasteiger partial charge on any atom is -0.406 e. The summed E-state index contributed by atoms with van der Waals surface area (Å²) in [5.41, 5.74) is 6.54. The van der Waals surface area contributed by atoms with Gasteiger partial charge in [-0.3, -0.25) is 0 Å². The van der Waals surface area contributed by atoms with Crippen LogP contribution in [0.3, 0.4) is 0 Å². The molecule has 0 aliphatic rings. The molecule has 0 heterocycles. The van der Waals surface area contributed by atoms with E-state index in [9.17, 15) is 17.6 Å². The molecule has 0 saturated heterocycles. The van der Waals surface area contributed by atoms with E-state index in [1.165, 1.54) is 35.4 Å². The summed E-state index contributed by atoms with van der Waals surface area (Å²) < 4.78 is 52.1. The minimum atomic E-state index is -0.719. The molecule has 0 atom stereocenters. The Labute approximate surface area is 278 Å². The van der Waals surface area contributed by atoms with Crippen LogP contribution in [0.25, 0.3) is 0 Å². The van der Waals surface area contributed by atoms with Gasteiger partial charge in [0.05, 0.1) is 0 Å². The van der Waals surface area contributed by atoms with Gasteiger partial charge in [0.2, 0.25) is 0 Å². The average Bonchev–Trinajstić information content (AvgIpc) is 3.76. The quantitative estimate of drug-likeness (QED) is 0.114. The van der Waals surface area contributed by atoms with Gasteiger partial charge < -0.3 is 10.6 Å². The molecule has 6 rings (SSSR count). The van der Waals surface area contributed by atoms with Crippen molar-refractivity contribution in [3.05, 3.63) is 179 Å². The first-order valence-electron chi connectivity index (χ1n) is 13.9. The van der Waals surface area contributed by atoms with Crippen molar-refractivity contribution in [3.63, 3.8) is 0 Å². The normalized spacial score (nSPS) is 9.60. The van der Waals surface area contributed by atoms with Crippen LogP contribution in [0.2, 0.25) is 0 Å². The largest absolute Gasteiger partial charge is 4.00 e. The van der Waals surface area contributed by atoms with Gasteiger partial charge in [0.1, 0.15) is 0 Å². The number of nitrogens with one attached hydrogen (secondary N) is 2. The number of aryl methyl sites for hydroxylation is 4. The van der Waals surface area contributed by atoms with E-state index < -0.39 is 23.3 Å². The van der Waals surface area contributed by atoms with Crippen LogP contribution in [-0.4, -0.2) is 0 Å². The Kier molecular flexibility index (Phi) is 15.6. The number of hydrogen-bond donors (Lipinski definition) is 2. The maximum Gasteiger partial charge on any atom is 4.00 e. The van der Waals surface area contributed by atoms with Gasteiger partial charge in [-0.05, 0) is 85.6 Å². The summed E-state index contributed by atoms with van der Waals surface area (Å²) in [6, 6.07) is 40.5. The molecule has 0 bridgehead atoms. The first kappa shape index (κ1) is 36.8. The zero-order valence-corrected chi connectivity index (χ0v) is 27.1. The van der Waals surface area contributed by atoms with Gasteiger partial charge in [0.15, 0.2) is 0 Å². The standard InChI is InChI=1S/2C14H12F2N.2C5H5.Ti/c2*1-9-3-5-12(7-10(9)2)17-14-6-4-11(15)8-13(14)16;2*1-2-4-5-3-1;/h2*3-7,17H,1-2H3;2*1-5H;/q4*-1;+4. The summed E-state index contributed by atoms with van der Waals surface area (Å²) in [6.45, 7) is 7.97. The van der Waals surface area contributed by atoms with Gasteiger partial charge in [-0.15, -0.1) is 36.4 Å². The molecule has 0 aliphatic carbocycles. The van der Waals surface area contributed by atoms with Gasteiger partial charge in [0.25, 0.3) is 0 Å². The van der Waals surface area contributed by atoms with Crippen molar-refractivity contribution in [1.82, 2.24) is 0 Å². The second-order valence-electron chi connectivity index (χ2n) is 9.84. The first-order chi connectivity index (χ1) is 21.1. The van der Waals surface area contributed by atoms with Crippen LogP contribution in [-0.2, 0) is 21.7 Å². The maximum absolute atomic E-state index is 13.4. The van der Waals surface area contributed by atoms with Crippen LogP contribution in [0.5, 0.6) is 0 Å². The molecule has 0 amide bonds. The SMILES string of the molecule is Cc1ccc(Nc2ccc(F)[c-]c2F)cc1C.Cc1ccc(Nc2ccc(F)[c-]c2F)cc1C.[Ti+4].c1cc[cH-]c1.c1cc[cH-]c1. The summed E-state index contributed by atoms with van der Waals surface area (Å²) in [7, 11) is 0. The fourth-order valence-corrected chi connectivity index (χ4v) is 3.67. The molecular weight excluding hydrogens is 608 g/mol. The summed E-state index contributed by atoms with van der Waals surface area (Å²) >= 11 is 0. The Hall–Kier alpha value is -4.39. The van der Waals surface area contributed by atoms with Crippen LogP contribution in [0.15, 0.2) is 121 Å². The predicted molar refractivity (Wildman–Crippen MR) is 173 cm³/mol. The van der Waals surface area contributed by atoms with Gasteiger partial charge >= 0.3 is 21.7 Å². The smallest absolute Gasteiger partial charge is 0.406 e. The number of anilines is 4. The molecule has 228 valence electrons. The molecule has 45 heavy (non-hydrogen) atoms. The van der Waals surface area contributed by atoms with E-state index in [1.54, 1.807) is 0 Å². The van der Waals surface area contributed by atoms with Gasteiger partial charge in [-0.2, -0.15) is 36.4 Å². The fraction of sp³-hybridized carbons (Fsp3) is 0.105. The topological polar surface area (TPSA) is 24.1 Å². The molecule has 0 fully saturated rings. The van der Waals surface area contributed by atoms with E-state index in [0.29, 0.717) is 0 Å². The van der Waals surface area contributed by atoms with Crippen LogP contribution >= 0.6 is 0 Å². The zero-order chi connectivity index (χ0) is 31.9. The van der Waals surface area contributed by atoms with Crippen molar-refractivity contribution >= 4 is 22.7 Å². The zero-order valence-electron chi connectivity index (χ0n) is 25.6. The third kappa shape index (κ3) is 13.0. The van der Waals surface area contributed by atoms with Crippen molar-refractivity contribution in [2.75, 3.05) is 10.6 Å². The van der Waals surface area contributed by atoms with Crippen LogP contribution in [0.4, 0.5) is 40.3 Å². The molecule has 0 unspecified atom stereocenters. The number of rotatable bonds is 4. The maximum atomic E-state index is 13.4. The van der Waals surface area contributed by atoms with Crippen molar-refractivity contribution in [2.24, 2.45) is 0 Å². The molecule has 0 spiro atoms. The Morgan fingerprint density at radius 1 is 0.489 bits per heavy atom. The minimum absolute atomic E-state index is 0. The molecule has 0 saturated carbocycles. The van der Waals surface area contributed by atoms with E-state index in [-0.39, 0.29) is 33.1 Å². The molecule has 0 aromatic heterocycles. The fourth-order valence-electron chi connectivity index (χ4n) is 3.67. The van der Waals surface area contributed by atoms with Crippen LogP contribution in [0, 0.1) is 63.1 Å². The summed E-state index contributed by atoms with van der Waals surface area (Å²) in [5.74, 6) is -2.84. The first-order valence-corrected chi connectivity index (χ1v) is 13.9. The van der Waals surface area contributed by atoms with Gasteiger partial charge in [-0.25, -0.2) is 41.8 Å². The van der Waals surface area contributed by atoms with E-state index in [2.05, 4.69) is 10.6 Å². The van der Waals surface area contributed by atoms with E-state index in [1.807, 2.05) is 137 Å². The van der Waals surface area contributed by atoms with E-state index in [4.69, 9.17) is 0 Å². The van der Waals surface area contributed by atoms with Gasteiger partial charge in [-0.1, -0.05) is 12.1 Å². The van der Waals surface area contributed by atoms with E-state index in [0.717, 1.165) is 22.5 Å². The number of hydrogen-bond acceptors (Lipinski definition) is 2. The Morgan fingerprint density at radius 2 is 0.844 bits per heavy atom. The van der Waals surface area contributed by atoms with Gasteiger partial charge in [0, 0.05) is 34.6 Å². The van der Waals surface area contributed by atoms with Crippen molar-refractivity contribution in [3.8, 4) is 0 Å². The summed E-state index contributed by atoms with van der Waals surface area (Å²) in [4.78, 5) is 0. The van der Waals surface area contributed by atoms with Crippen molar-refractivity contribution < 1.29 is 39.3 Å². The third-order valence-corrected chi connectivity index (χ3v) is 6.41. The average molecular weight is 643 g/mol. The summed E-state index contributed by atoms with van der Waals surface area (Å²) in [5, 5.41) is 5.79. The molecule has 6 aromatic carbocycles. The molecule has 0 radical (unpaired) electrons. The number of halogens is 4. The Morgan fingerprint density at radius 3 is 1.11 bits per heavy atom. The second kappa shape index (κ2) is 19.1. The Bertz CT molecular complexity index is 1540. The second-order valence-corrected chi connectivity index (χ2v) is 9.84. The predicted octanol–water partition coefficient (Wildman–Crippen LogP) is 11.1. The third-order valence-electron chi connectivity index (χ3n) is 6.41. The summed E-state index contributed by atoms with van der Waals surface area (Å²) in [6.07, 6.45) is 0. The van der Waals surface area contributed by atoms with Crippen molar-refractivity contribution in [1.29, 1.82) is 0 Å². The van der Waals surface area contributed by atoms with E-state index >= 15 is 0 Å². The monoisotopic (exact) mass is 642 g/mol. The molecular formula is C38H34F4N2Ti. The number of benzene rings is 4. The molecule has 2 nitrogen and oxygen atoms in total. The molecule has 0 aliphatic heterocycles. The molecule has 6 aromatic rings. The van der Waals surface area contributed by atoms with Crippen molar-refractivity contribution in [2.45, 2.75) is 27.7 Å². The van der Waals surface area contributed by atoms with Crippen LogP contribution < -0.4 is 10.6 Å². The molecule has 7 heteroatoms. The van der Waals surface area contributed by atoms with Crippen LogP contribution in [0.1, 0.15) is 22.3 Å².